The maximum Gasteiger partial charge on any atom is 0.0640 e. The molecule has 8 aromatic rings. The fourth-order valence-corrected chi connectivity index (χ4v) is 7.07. The van der Waals surface area contributed by atoms with Gasteiger partial charge < -0.3 is 9.47 Å². The van der Waals surface area contributed by atoms with Crippen molar-refractivity contribution in [1.82, 2.24) is 4.57 Å². The number of fused-ring (bicyclic) bond motifs is 6. The van der Waals surface area contributed by atoms with Crippen molar-refractivity contribution in [2.75, 3.05) is 4.90 Å². The number of aromatic nitrogens is 1. The average Bonchev–Trinajstić information content (AvgIpc) is 3.55. The van der Waals surface area contributed by atoms with E-state index in [1.54, 1.807) is 0 Å². The van der Waals surface area contributed by atoms with Crippen LogP contribution in [0.5, 0.6) is 0 Å². The van der Waals surface area contributed by atoms with E-state index in [0.29, 0.717) is 0 Å². The summed E-state index contributed by atoms with van der Waals surface area (Å²) in [5, 5.41) is 5.17. The molecule has 0 unspecified atom stereocenters. The summed E-state index contributed by atoms with van der Waals surface area (Å²) in [6.07, 6.45) is 0. The molecule has 0 aliphatic rings. The smallest absolute Gasteiger partial charge is 0.0640 e. The number of nitrogens with zero attached hydrogens (tertiary/aromatic N) is 2. The van der Waals surface area contributed by atoms with E-state index in [0.717, 1.165) is 17.1 Å². The monoisotopic (exact) mass is 516 g/mol. The second-order valence-electron chi connectivity index (χ2n) is 9.81. The molecular weight excluding hydrogens is 492 g/mol. The highest BCUT2D eigenvalue weighted by molar-refractivity contribution is 7.26. The topological polar surface area (TPSA) is 8.17 Å². The Bertz CT molecular complexity index is 2060. The van der Waals surface area contributed by atoms with Crippen molar-refractivity contribution in [1.29, 1.82) is 0 Å². The van der Waals surface area contributed by atoms with Gasteiger partial charge in [0.1, 0.15) is 0 Å². The predicted molar refractivity (Wildman–Crippen MR) is 168 cm³/mol. The van der Waals surface area contributed by atoms with Gasteiger partial charge in [-0.2, -0.15) is 0 Å². The molecule has 0 radical (unpaired) electrons. The van der Waals surface area contributed by atoms with Crippen LogP contribution in [0.25, 0.3) is 47.7 Å². The molecule has 0 aliphatic heterocycles. The van der Waals surface area contributed by atoms with Crippen LogP contribution in [0.3, 0.4) is 0 Å². The third kappa shape index (κ3) is 3.48. The highest BCUT2D eigenvalue weighted by Crippen LogP contribution is 2.44. The molecule has 0 fully saturated rings. The third-order valence-electron chi connectivity index (χ3n) is 7.58. The van der Waals surface area contributed by atoms with E-state index in [1.807, 2.05) is 11.3 Å². The van der Waals surface area contributed by atoms with Gasteiger partial charge in [0, 0.05) is 43.3 Å². The first-order valence-electron chi connectivity index (χ1n) is 13.2. The Balaban J connectivity index is 1.32. The Labute approximate surface area is 230 Å². The molecule has 2 nitrogen and oxygen atoms in total. The quantitative estimate of drug-likeness (QED) is 0.226. The Kier molecular flexibility index (Phi) is 5.04. The molecule has 2 heterocycles. The van der Waals surface area contributed by atoms with Gasteiger partial charge in [-0.25, -0.2) is 0 Å². The minimum absolute atomic E-state index is 1.13. The van der Waals surface area contributed by atoms with Gasteiger partial charge in [0.05, 0.1) is 21.4 Å². The number of thiophene rings is 1. The molecule has 0 spiro atoms. The first-order chi connectivity index (χ1) is 19.4. The van der Waals surface area contributed by atoms with E-state index in [-0.39, 0.29) is 0 Å². The molecular formula is C36H24N2S. The molecule has 2 aromatic heterocycles. The minimum Gasteiger partial charge on any atom is -0.309 e. The van der Waals surface area contributed by atoms with Crippen LogP contribution in [0.15, 0.2) is 146 Å². The van der Waals surface area contributed by atoms with Crippen LogP contribution < -0.4 is 4.90 Å². The largest absolute Gasteiger partial charge is 0.309 e. The second-order valence-corrected chi connectivity index (χ2v) is 10.9. The van der Waals surface area contributed by atoms with Crippen molar-refractivity contribution in [3.8, 4) is 5.69 Å². The Morgan fingerprint density at radius 1 is 0.436 bits per heavy atom. The molecule has 0 aliphatic carbocycles. The van der Waals surface area contributed by atoms with Gasteiger partial charge in [-0.1, -0.05) is 84.9 Å². The lowest BCUT2D eigenvalue weighted by atomic mass is 10.1. The molecule has 0 saturated heterocycles. The molecule has 39 heavy (non-hydrogen) atoms. The molecule has 0 N–H and O–H groups in total. The number of anilines is 3. The van der Waals surface area contributed by atoms with Crippen molar-refractivity contribution >= 4 is 70.4 Å². The SMILES string of the molecule is c1ccc(N(c2ccc(-n3c4ccccc4c4ccccc43)cc2)c2cccc3c2sc2ccccc23)cc1. The van der Waals surface area contributed by atoms with Crippen molar-refractivity contribution < 1.29 is 0 Å². The van der Waals surface area contributed by atoms with E-state index < -0.39 is 0 Å². The Morgan fingerprint density at radius 2 is 1.00 bits per heavy atom. The summed E-state index contributed by atoms with van der Waals surface area (Å²) in [5.74, 6) is 0. The number of hydrogen-bond donors (Lipinski definition) is 0. The second kappa shape index (κ2) is 8.87. The molecule has 8 rings (SSSR count). The highest BCUT2D eigenvalue weighted by atomic mass is 32.1. The van der Waals surface area contributed by atoms with Crippen molar-refractivity contribution in [3.05, 3.63) is 146 Å². The number of para-hydroxylation sites is 3. The van der Waals surface area contributed by atoms with Gasteiger partial charge in [-0.3, -0.25) is 0 Å². The number of rotatable bonds is 4. The summed E-state index contributed by atoms with van der Waals surface area (Å²) in [4.78, 5) is 2.38. The van der Waals surface area contributed by atoms with Crippen LogP contribution in [-0.2, 0) is 0 Å². The van der Waals surface area contributed by atoms with Crippen molar-refractivity contribution in [2.45, 2.75) is 0 Å². The molecule has 0 amide bonds. The van der Waals surface area contributed by atoms with Crippen LogP contribution in [0.1, 0.15) is 0 Å². The molecule has 0 atom stereocenters. The fourth-order valence-electron chi connectivity index (χ4n) is 5.86. The Morgan fingerprint density at radius 3 is 1.72 bits per heavy atom. The van der Waals surface area contributed by atoms with E-state index in [2.05, 4.69) is 155 Å². The van der Waals surface area contributed by atoms with Crippen molar-refractivity contribution in [2.24, 2.45) is 0 Å². The molecule has 184 valence electrons. The minimum atomic E-state index is 1.13. The summed E-state index contributed by atoms with van der Waals surface area (Å²) < 4.78 is 4.98. The van der Waals surface area contributed by atoms with Gasteiger partial charge in [-0.15, -0.1) is 11.3 Å². The fraction of sp³-hybridized carbons (Fsp3) is 0. The summed E-state index contributed by atoms with van der Waals surface area (Å²) >= 11 is 1.86. The van der Waals surface area contributed by atoms with Gasteiger partial charge in [0.15, 0.2) is 0 Å². The van der Waals surface area contributed by atoms with Crippen molar-refractivity contribution in [3.63, 3.8) is 0 Å². The first kappa shape index (κ1) is 22.2. The van der Waals surface area contributed by atoms with E-state index in [1.165, 1.54) is 47.7 Å². The average molecular weight is 517 g/mol. The zero-order chi connectivity index (χ0) is 25.8. The summed E-state index contributed by atoms with van der Waals surface area (Å²) in [5.41, 5.74) is 7.08. The van der Waals surface area contributed by atoms with E-state index >= 15 is 0 Å². The predicted octanol–water partition coefficient (Wildman–Crippen LogP) is 10.6. The van der Waals surface area contributed by atoms with E-state index in [9.17, 15) is 0 Å². The van der Waals surface area contributed by atoms with E-state index in [4.69, 9.17) is 0 Å². The summed E-state index contributed by atoms with van der Waals surface area (Å²) in [7, 11) is 0. The van der Waals surface area contributed by atoms with Crippen LogP contribution in [-0.4, -0.2) is 4.57 Å². The number of hydrogen-bond acceptors (Lipinski definition) is 2. The maximum absolute atomic E-state index is 2.38. The molecule has 3 heteroatoms. The van der Waals surface area contributed by atoms with Crippen LogP contribution >= 0.6 is 11.3 Å². The zero-order valence-electron chi connectivity index (χ0n) is 21.2. The lowest BCUT2D eigenvalue weighted by Crippen LogP contribution is -2.10. The molecule has 6 aromatic carbocycles. The zero-order valence-corrected chi connectivity index (χ0v) is 22.0. The Hall–Kier alpha value is -4.86. The maximum atomic E-state index is 2.38. The van der Waals surface area contributed by atoms with Gasteiger partial charge >= 0.3 is 0 Å². The van der Waals surface area contributed by atoms with Gasteiger partial charge in [0.25, 0.3) is 0 Å². The summed E-state index contributed by atoms with van der Waals surface area (Å²) in [6, 6.07) is 52.4. The molecule has 0 bridgehead atoms. The van der Waals surface area contributed by atoms with Crippen LogP contribution in [0.2, 0.25) is 0 Å². The standard InChI is InChI=1S/C36H24N2S/c1-2-11-25(12-3-1)37(34-19-10-16-31-30-15-6-9-20-35(30)39-36(31)34)26-21-23-27(24-22-26)38-32-17-7-4-13-28(32)29-14-5-8-18-33(29)38/h1-24H. The lowest BCUT2D eigenvalue weighted by Gasteiger charge is -2.26. The van der Waals surface area contributed by atoms with Crippen LogP contribution in [0.4, 0.5) is 17.1 Å². The normalized spacial score (nSPS) is 11.6. The number of benzene rings is 6. The first-order valence-corrected chi connectivity index (χ1v) is 14.0. The van der Waals surface area contributed by atoms with Crippen LogP contribution in [0, 0.1) is 0 Å². The van der Waals surface area contributed by atoms with Gasteiger partial charge in [-0.05, 0) is 60.7 Å². The van der Waals surface area contributed by atoms with Gasteiger partial charge in [0.2, 0.25) is 0 Å². The third-order valence-corrected chi connectivity index (χ3v) is 8.79. The highest BCUT2D eigenvalue weighted by Gasteiger charge is 2.18. The molecule has 0 saturated carbocycles. The lowest BCUT2D eigenvalue weighted by molar-refractivity contribution is 1.17. The summed E-state index contributed by atoms with van der Waals surface area (Å²) in [6.45, 7) is 0.